The first-order valence-corrected chi connectivity index (χ1v) is 10.2. The number of rotatable bonds is 4. The first-order chi connectivity index (χ1) is 13.5. The number of hydrogen-bond acceptors (Lipinski definition) is 4. The Kier molecular flexibility index (Phi) is 5.51. The molecular weight excluding hydrogens is 437 g/mol. The molecule has 1 amide bonds. The van der Waals surface area contributed by atoms with E-state index in [9.17, 15) is 4.79 Å². The summed E-state index contributed by atoms with van der Waals surface area (Å²) < 4.78 is 0.899. The number of carbonyl (C=O) groups is 1. The Labute approximate surface area is 180 Å². The Bertz CT molecular complexity index is 1140. The maximum atomic E-state index is 13.3. The van der Waals surface area contributed by atoms with Gasteiger partial charge in [0.15, 0.2) is 5.13 Å². The molecule has 0 bridgehead atoms. The number of benzene rings is 2. The maximum absolute atomic E-state index is 13.3. The maximum Gasteiger partial charge on any atom is 0.260 e. The van der Waals surface area contributed by atoms with Gasteiger partial charge in [0.1, 0.15) is 5.52 Å². The van der Waals surface area contributed by atoms with Crippen LogP contribution in [0.5, 0.6) is 0 Å². The number of aromatic nitrogens is 2. The Morgan fingerprint density at radius 2 is 1.82 bits per heavy atom. The summed E-state index contributed by atoms with van der Waals surface area (Å²) in [6, 6.07) is 14.0. The zero-order valence-electron chi connectivity index (χ0n) is 14.3. The van der Waals surface area contributed by atoms with Crippen LogP contribution in [0.15, 0.2) is 60.9 Å². The number of hydrogen-bond donors (Lipinski definition) is 0. The summed E-state index contributed by atoms with van der Waals surface area (Å²) in [7, 11) is 0. The lowest BCUT2D eigenvalue weighted by Crippen LogP contribution is -2.30. The van der Waals surface area contributed by atoms with E-state index in [0.717, 1.165) is 10.3 Å². The number of carbonyl (C=O) groups excluding carboxylic acids is 1. The monoisotopic (exact) mass is 447 g/mol. The third-order valence-corrected chi connectivity index (χ3v) is 5.79. The number of para-hydroxylation sites is 1. The topological polar surface area (TPSA) is 46.1 Å². The Balaban J connectivity index is 1.80. The van der Waals surface area contributed by atoms with E-state index in [1.54, 1.807) is 41.6 Å². The molecule has 2 aromatic heterocycles. The number of amides is 1. The Morgan fingerprint density at radius 1 is 1.04 bits per heavy atom. The van der Waals surface area contributed by atoms with Gasteiger partial charge in [0.2, 0.25) is 0 Å². The average Bonchev–Trinajstić information content (AvgIpc) is 3.11. The first-order valence-electron chi connectivity index (χ1n) is 8.23. The minimum atomic E-state index is -0.261. The summed E-state index contributed by atoms with van der Waals surface area (Å²) in [4.78, 5) is 23.7. The van der Waals surface area contributed by atoms with Crippen molar-refractivity contribution in [2.45, 2.75) is 6.54 Å². The molecule has 28 heavy (non-hydrogen) atoms. The molecule has 8 heteroatoms. The van der Waals surface area contributed by atoms with Crippen molar-refractivity contribution < 1.29 is 4.79 Å². The zero-order chi connectivity index (χ0) is 19.7. The molecule has 0 aliphatic rings. The summed E-state index contributed by atoms with van der Waals surface area (Å²) in [5.74, 6) is -0.261. The predicted molar refractivity (Wildman–Crippen MR) is 116 cm³/mol. The van der Waals surface area contributed by atoms with Gasteiger partial charge in [0.05, 0.1) is 16.3 Å². The van der Waals surface area contributed by atoms with Crippen molar-refractivity contribution >= 4 is 67.4 Å². The first kappa shape index (κ1) is 19.2. The van der Waals surface area contributed by atoms with Crippen LogP contribution in [-0.2, 0) is 6.54 Å². The molecule has 0 spiro atoms. The molecule has 0 fully saturated rings. The van der Waals surface area contributed by atoms with Crippen molar-refractivity contribution in [2.75, 3.05) is 4.90 Å². The van der Waals surface area contributed by atoms with Crippen molar-refractivity contribution in [3.8, 4) is 0 Å². The van der Waals surface area contributed by atoms with Crippen LogP contribution in [0.2, 0.25) is 15.1 Å². The van der Waals surface area contributed by atoms with E-state index in [1.807, 2.05) is 24.3 Å². The molecule has 4 rings (SSSR count). The highest BCUT2D eigenvalue weighted by molar-refractivity contribution is 7.22. The molecule has 0 aliphatic carbocycles. The van der Waals surface area contributed by atoms with Crippen LogP contribution < -0.4 is 4.90 Å². The standard InChI is InChI=1S/C20H12Cl3N3OS/c21-14-7-13(8-15(22)9-14)19(27)26(11-12-3-2-6-24-10-12)20-25-18-16(23)4-1-5-17(18)28-20/h1-10H,11H2. The molecule has 2 heterocycles. The highest BCUT2D eigenvalue weighted by atomic mass is 35.5. The molecule has 0 radical (unpaired) electrons. The smallest absolute Gasteiger partial charge is 0.260 e. The van der Waals surface area contributed by atoms with Gasteiger partial charge in [-0.05, 0) is 42.0 Å². The largest absolute Gasteiger partial charge is 0.279 e. The van der Waals surface area contributed by atoms with Crippen molar-refractivity contribution in [2.24, 2.45) is 0 Å². The fraction of sp³-hybridized carbons (Fsp3) is 0.0500. The summed E-state index contributed by atoms with van der Waals surface area (Å²) in [6.07, 6.45) is 3.40. The third-order valence-electron chi connectivity index (χ3n) is 4.01. The molecule has 0 atom stereocenters. The number of nitrogens with zero attached hydrogens (tertiary/aromatic N) is 3. The van der Waals surface area contributed by atoms with Gasteiger partial charge in [-0.1, -0.05) is 58.3 Å². The highest BCUT2D eigenvalue weighted by Crippen LogP contribution is 2.34. The highest BCUT2D eigenvalue weighted by Gasteiger charge is 2.23. The van der Waals surface area contributed by atoms with E-state index in [2.05, 4.69) is 9.97 Å². The summed E-state index contributed by atoms with van der Waals surface area (Å²) in [6.45, 7) is 0.300. The van der Waals surface area contributed by atoms with Crippen LogP contribution in [-0.4, -0.2) is 15.9 Å². The number of thiazole rings is 1. The number of fused-ring (bicyclic) bond motifs is 1. The molecule has 0 unspecified atom stereocenters. The zero-order valence-corrected chi connectivity index (χ0v) is 17.4. The number of halogens is 3. The predicted octanol–water partition coefficient (Wildman–Crippen LogP) is 6.50. The molecule has 0 saturated carbocycles. The van der Waals surface area contributed by atoms with Gasteiger partial charge < -0.3 is 0 Å². The van der Waals surface area contributed by atoms with E-state index < -0.39 is 0 Å². The second-order valence-corrected chi connectivity index (χ2v) is 8.28. The molecular formula is C20H12Cl3N3OS. The van der Waals surface area contributed by atoms with Gasteiger partial charge in [-0.2, -0.15) is 0 Å². The minimum absolute atomic E-state index is 0.261. The summed E-state index contributed by atoms with van der Waals surface area (Å²) in [5, 5.41) is 1.86. The Morgan fingerprint density at radius 3 is 2.50 bits per heavy atom. The van der Waals surface area contributed by atoms with Crippen molar-refractivity contribution in [1.29, 1.82) is 0 Å². The minimum Gasteiger partial charge on any atom is -0.279 e. The van der Waals surface area contributed by atoms with Crippen LogP contribution >= 0.6 is 46.1 Å². The van der Waals surface area contributed by atoms with E-state index in [1.165, 1.54) is 11.3 Å². The summed E-state index contributed by atoms with van der Waals surface area (Å²) in [5.41, 5.74) is 1.92. The van der Waals surface area contributed by atoms with E-state index in [-0.39, 0.29) is 5.91 Å². The molecule has 140 valence electrons. The Hall–Kier alpha value is -2.18. The lowest BCUT2D eigenvalue weighted by atomic mass is 10.2. The second kappa shape index (κ2) is 8.05. The average molecular weight is 449 g/mol. The molecule has 0 aliphatic heterocycles. The number of anilines is 1. The third kappa shape index (κ3) is 3.98. The molecule has 0 saturated heterocycles. The van der Waals surface area contributed by atoms with Crippen LogP contribution in [0, 0.1) is 0 Å². The fourth-order valence-electron chi connectivity index (χ4n) is 2.75. The van der Waals surface area contributed by atoms with E-state index in [0.29, 0.717) is 37.8 Å². The lowest BCUT2D eigenvalue weighted by Gasteiger charge is -2.20. The fourth-order valence-corrected chi connectivity index (χ4v) is 4.54. The second-order valence-electron chi connectivity index (χ2n) is 5.99. The SMILES string of the molecule is O=C(c1cc(Cl)cc(Cl)c1)N(Cc1cccnc1)c1nc2c(Cl)cccc2s1. The van der Waals surface area contributed by atoms with Crippen LogP contribution in [0.1, 0.15) is 15.9 Å². The van der Waals surface area contributed by atoms with Gasteiger partial charge in [-0.3, -0.25) is 14.7 Å². The van der Waals surface area contributed by atoms with Crippen molar-refractivity contribution in [1.82, 2.24) is 9.97 Å². The van der Waals surface area contributed by atoms with Crippen LogP contribution in [0.25, 0.3) is 10.2 Å². The van der Waals surface area contributed by atoms with Gasteiger partial charge >= 0.3 is 0 Å². The van der Waals surface area contributed by atoms with Gasteiger partial charge in [0.25, 0.3) is 5.91 Å². The van der Waals surface area contributed by atoms with Crippen molar-refractivity contribution in [3.05, 3.63) is 87.1 Å². The van der Waals surface area contributed by atoms with Crippen LogP contribution in [0.3, 0.4) is 0 Å². The van der Waals surface area contributed by atoms with Gasteiger partial charge in [0, 0.05) is 28.0 Å². The van der Waals surface area contributed by atoms with E-state index >= 15 is 0 Å². The van der Waals surface area contributed by atoms with Crippen molar-refractivity contribution in [3.63, 3.8) is 0 Å². The number of pyridine rings is 1. The lowest BCUT2D eigenvalue weighted by molar-refractivity contribution is 0.0985. The molecule has 2 aromatic carbocycles. The normalized spacial score (nSPS) is 11.0. The van der Waals surface area contributed by atoms with Gasteiger partial charge in [-0.25, -0.2) is 4.98 Å². The molecule has 4 nitrogen and oxygen atoms in total. The van der Waals surface area contributed by atoms with E-state index in [4.69, 9.17) is 34.8 Å². The quantitative estimate of drug-likeness (QED) is 0.358. The van der Waals surface area contributed by atoms with Crippen LogP contribution in [0.4, 0.5) is 5.13 Å². The summed E-state index contributed by atoms with van der Waals surface area (Å²) >= 11 is 19.9. The van der Waals surface area contributed by atoms with Gasteiger partial charge in [-0.15, -0.1) is 0 Å². The molecule has 4 aromatic rings. The molecule has 0 N–H and O–H groups in total.